The van der Waals surface area contributed by atoms with Gasteiger partial charge < -0.3 is 9.64 Å². The summed E-state index contributed by atoms with van der Waals surface area (Å²) in [4.78, 5) is 27.0. The van der Waals surface area contributed by atoms with Crippen molar-refractivity contribution in [3.8, 4) is 0 Å². The first-order chi connectivity index (χ1) is 14.2. The van der Waals surface area contributed by atoms with Crippen molar-refractivity contribution < 1.29 is 14.3 Å². The molecule has 4 nitrogen and oxygen atoms in total. The van der Waals surface area contributed by atoms with Gasteiger partial charge in [-0.1, -0.05) is 60.7 Å². The minimum Gasteiger partial charge on any atom is -0.465 e. The number of fused-ring (bicyclic) bond motifs is 1. The SMILES string of the molecule is COC(=O)c1ccc2c(c1)CC(/C=C/c1ccccc1)N2C(=O)c1ccccc1. The van der Waals surface area contributed by atoms with Crippen molar-refractivity contribution in [3.05, 3.63) is 107 Å². The van der Waals surface area contributed by atoms with Crippen LogP contribution in [0.15, 0.2) is 84.9 Å². The second-order valence-corrected chi connectivity index (χ2v) is 6.92. The summed E-state index contributed by atoms with van der Waals surface area (Å²) in [6, 6.07) is 24.5. The van der Waals surface area contributed by atoms with E-state index in [9.17, 15) is 9.59 Å². The van der Waals surface area contributed by atoms with Crippen molar-refractivity contribution in [2.24, 2.45) is 0 Å². The highest BCUT2D eigenvalue weighted by atomic mass is 16.5. The Morgan fingerprint density at radius 1 is 0.931 bits per heavy atom. The molecule has 1 aliphatic heterocycles. The highest BCUT2D eigenvalue weighted by Gasteiger charge is 2.33. The number of hydrogen-bond acceptors (Lipinski definition) is 3. The monoisotopic (exact) mass is 383 g/mol. The molecule has 0 spiro atoms. The van der Waals surface area contributed by atoms with Crippen LogP contribution < -0.4 is 4.90 Å². The molecule has 1 unspecified atom stereocenters. The van der Waals surface area contributed by atoms with Crippen molar-refractivity contribution in [3.63, 3.8) is 0 Å². The fourth-order valence-corrected chi connectivity index (χ4v) is 3.64. The van der Waals surface area contributed by atoms with Gasteiger partial charge >= 0.3 is 5.97 Å². The van der Waals surface area contributed by atoms with E-state index in [0.29, 0.717) is 17.5 Å². The lowest BCUT2D eigenvalue weighted by atomic mass is 10.1. The number of carbonyl (C=O) groups is 2. The Morgan fingerprint density at radius 3 is 2.31 bits per heavy atom. The molecule has 1 aliphatic rings. The lowest BCUT2D eigenvalue weighted by Crippen LogP contribution is -2.36. The molecule has 0 radical (unpaired) electrons. The Bertz CT molecular complexity index is 1060. The largest absolute Gasteiger partial charge is 0.465 e. The molecule has 1 amide bonds. The van der Waals surface area contributed by atoms with Gasteiger partial charge in [-0.3, -0.25) is 4.79 Å². The van der Waals surface area contributed by atoms with Crippen molar-refractivity contribution in [2.45, 2.75) is 12.5 Å². The maximum Gasteiger partial charge on any atom is 0.337 e. The Labute approximate surface area is 170 Å². The minimum absolute atomic E-state index is 0.0575. The molecule has 4 heteroatoms. The average Bonchev–Trinajstić information content (AvgIpc) is 3.15. The maximum atomic E-state index is 13.3. The Balaban J connectivity index is 1.72. The van der Waals surface area contributed by atoms with E-state index in [-0.39, 0.29) is 17.9 Å². The number of nitrogens with zero attached hydrogens (tertiary/aromatic N) is 1. The second-order valence-electron chi connectivity index (χ2n) is 6.92. The van der Waals surface area contributed by atoms with E-state index in [1.165, 1.54) is 7.11 Å². The van der Waals surface area contributed by atoms with Gasteiger partial charge in [-0.15, -0.1) is 0 Å². The third kappa shape index (κ3) is 3.83. The molecule has 144 valence electrons. The molecule has 1 atom stereocenters. The number of carbonyl (C=O) groups excluding carboxylic acids is 2. The number of ether oxygens (including phenoxy) is 1. The van der Waals surface area contributed by atoms with Crippen molar-refractivity contribution in [1.82, 2.24) is 0 Å². The molecule has 0 saturated carbocycles. The molecule has 0 aromatic heterocycles. The zero-order valence-corrected chi connectivity index (χ0v) is 16.1. The first-order valence-corrected chi connectivity index (χ1v) is 9.50. The molecule has 0 N–H and O–H groups in total. The van der Waals surface area contributed by atoms with Crippen LogP contribution in [0, 0.1) is 0 Å². The van der Waals surface area contributed by atoms with Gasteiger partial charge in [-0.2, -0.15) is 0 Å². The van der Waals surface area contributed by atoms with E-state index >= 15 is 0 Å². The normalized spacial score (nSPS) is 15.3. The first-order valence-electron chi connectivity index (χ1n) is 9.50. The summed E-state index contributed by atoms with van der Waals surface area (Å²) < 4.78 is 4.84. The number of methoxy groups -OCH3 is 1. The number of benzene rings is 3. The molecule has 1 heterocycles. The van der Waals surface area contributed by atoms with Crippen molar-refractivity contribution >= 4 is 23.6 Å². The lowest BCUT2D eigenvalue weighted by Gasteiger charge is -2.23. The van der Waals surface area contributed by atoms with E-state index in [0.717, 1.165) is 16.8 Å². The number of hydrogen-bond donors (Lipinski definition) is 0. The quantitative estimate of drug-likeness (QED) is 0.611. The zero-order valence-electron chi connectivity index (χ0n) is 16.1. The summed E-state index contributed by atoms with van der Waals surface area (Å²) in [5.74, 6) is -0.435. The van der Waals surface area contributed by atoms with Crippen molar-refractivity contribution in [2.75, 3.05) is 12.0 Å². The van der Waals surface area contributed by atoms with Crippen LogP contribution in [0.1, 0.15) is 31.8 Å². The van der Waals surface area contributed by atoms with Crippen LogP contribution in [0.5, 0.6) is 0 Å². The first kappa shape index (κ1) is 18.7. The van der Waals surface area contributed by atoms with E-state index in [1.54, 1.807) is 6.07 Å². The van der Waals surface area contributed by atoms with Gasteiger partial charge in [-0.05, 0) is 47.9 Å². The van der Waals surface area contributed by atoms with Crippen LogP contribution in [0.2, 0.25) is 0 Å². The number of amides is 1. The van der Waals surface area contributed by atoms with Crippen LogP contribution in [0.4, 0.5) is 5.69 Å². The van der Waals surface area contributed by atoms with Gasteiger partial charge in [0.25, 0.3) is 5.91 Å². The second kappa shape index (κ2) is 8.15. The summed E-state index contributed by atoms with van der Waals surface area (Å²) in [5.41, 5.74) is 3.99. The molecular formula is C25H21NO3. The summed E-state index contributed by atoms with van der Waals surface area (Å²) >= 11 is 0. The third-order valence-corrected chi connectivity index (χ3v) is 5.07. The summed E-state index contributed by atoms with van der Waals surface area (Å²) in [7, 11) is 1.37. The number of rotatable bonds is 4. The predicted molar refractivity (Wildman–Crippen MR) is 114 cm³/mol. The van der Waals surface area contributed by atoms with Gasteiger partial charge in [0.2, 0.25) is 0 Å². The molecule has 3 aromatic rings. The standard InChI is InChI=1S/C25H21NO3/c1-29-25(28)20-13-15-23-21(16-20)17-22(14-12-18-8-4-2-5-9-18)26(23)24(27)19-10-6-3-7-11-19/h2-16,22H,17H2,1H3/b14-12+. The lowest BCUT2D eigenvalue weighted by molar-refractivity contribution is 0.0600. The van der Waals surface area contributed by atoms with E-state index in [4.69, 9.17) is 4.74 Å². The third-order valence-electron chi connectivity index (χ3n) is 5.07. The predicted octanol–water partition coefficient (Wildman–Crippen LogP) is 4.76. The molecule has 4 rings (SSSR count). The minimum atomic E-state index is -0.378. The highest BCUT2D eigenvalue weighted by molar-refractivity contribution is 6.08. The van der Waals surface area contributed by atoms with Gasteiger partial charge in [0.15, 0.2) is 0 Å². The van der Waals surface area contributed by atoms with Gasteiger partial charge in [-0.25, -0.2) is 4.79 Å². The average molecular weight is 383 g/mol. The Hall–Kier alpha value is -3.66. The number of anilines is 1. The Morgan fingerprint density at radius 2 is 1.62 bits per heavy atom. The molecule has 3 aromatic carbocycles. The zero-order chi connectivity index (χ0) is 20.2. The molecule has 0 aliphatic carbocycles. The van der Waals surface area contributed by atoms with Crippen LogP contribution >= 0.6 is 0 Å². The molecule has 0 fully saturated rings. The molecular weight excluding hydrogens is 362 g/mol. The van der Waals surface area contributed by atoms with Gasteiger partial charge in [0, 0.05) is 11.3 Å². The van der Waals surface area contributed by atoms with Crippen LogP contribution in [0.3, 0.4) is 0 Å². The summed E-state index contributed by atoms with van der Waals surface area (Å²) in [6.07, 6.45) is 4.72. The Kier molecular flexibility index (Phi) is 5.25. The molecule has 29 heavy (non-hydrogen) atoms. The van der Waals surface area contributed by atoms with Crippen LogP contribution in [-0.2, 0) is 11.2 Å². The summed E-state index contributed by atoms with van der Waals surface area (Å²) in [6.45, 7) is 0. The fourth-order valence-electron chi connectivity index (χ4n) is 3.64. The highest BCUT2D eigenvalue weighted by Crippen LogP contribution is 2.35. The van der Waals surface area contributed by atoms with Crippen molar-refractivity contribution in [1.29, 1.82) is 0 Å². The topological polar surface area (TPSA) is 46.6 Å². The van der Waals surface area contributed by atoms with Crippen LogP contribution in [-0.4, -0.2) is 25.0 Å². The van der Waals surface area contributed by atoms with E-state index in [2.05, 4.69) is 0 Å². The number of esters is 1. The molecule has 0 bridgehead atoms. The maximum absolute atomic E-state index is 13.3. The molecule has 0 saturated heterocycles. The van der Waals surface area contributed by atoms with Crippen LogP contribution in [0.25, 0.3) is 6.08 Å². The fraction of sp³-hybridized carbons (Fsp3) is 0.120. The van der Waals surface area contributed by atoms with E-state index < -0.39 is 0 Å². The van der Waals surface area contributed by atoms with Gasteiger partial charge in [0.1, 0.15) is 0 Å². The van der Waals surface area contributed by atoms with E-state index in [1.807, 2.05) is 89.8 Å². The smallest absolute Gasteiger partial charge is 0.337 e. The van der Waals surface area contributed by atoms with Gasteiger partial charge in [0.05, 0.1) is 18.7 Å². The summed E-state index contributed by atoms with van der Waals surface area (Å²) in [5, 5.41) is 0.